The lowest BCUT2D eigenvalue weighted by Crippen LogP contribution is -2.30. The number of hydrogen-bond acceptors (Lipinski definition) is 3. The van der Waals surface area contributed by atoms with Crippen molar-refractivity contribution in [3.63, 3.8) is 0 Å². The third kappa shape index (κ3) is 3.46. The summed E-state index contributed by atoms with van der Waals surface area (Å²) in [5.74, 6) is 0. The molecule has 122 valence electrons. The standard InChI is InChI=1S/C19H18N2O2S/c1-16-9-11-18(12-10-16)21(15-17-6-5-13-20-14-17)24(22,23)19-7-3-2-4-8-19/h2-14H,15H2,1H3. The topological polar surface area (TPSA) is 50.3 Å². The minimum absolute atomic E-state index is 0.230. The van der Waals surface area contributed by atoms with Gasteiger partial charge in [-0.15, -0.1) is 0 Å². The molecule has 2 aromatic carbocycles. The number of pyridine rings is 1. The summed E-state index contributed by atoms with van der Waals surface area (Å²) < 4.78 is 27.7. The molecule has 0 spiro atoms. The fourth-order valence-corrected chi connectivity index (χ4v) is 3.88. The summed E-state index contributed by atoms with van der Waals surface area (Å²) in [6, 6.07) is 19.6. The Labute approximate surface area is 142 Å². The maximum Gasteiger partial charge on any atom is 0.264 e. The van der Waals surface area contributed by atoms with Crippen LogP contribution in [0.25, 0.3) is 0 Å². The minimum Gasteiger partial charge on any atom is -0.264 e. The van der Waals surface area contributed by atoms with E-state index in [0.29, 0.717) is 5.69 Å². The van der Waals surface area contributed by atoms with Crippen LogP contribution in [0, 0.1) is 6.92 Å². The average molecular weight is 338 g/mol. The Morgan fingerprint density at radius 1 is 0.917 bits per heavy atom. The quantitative estimate of drug-likeness (QED) is 0.711. The molecule has 0 fully saturated rings. The number of nitrogens with zero attached hydrogens (tertiary/aromatic N) is 2. The molecule has 0 saturated heterocycles. The van der Waals surface area contributed by atoms with Gasteiger partial charge in [-0.05, 0) is 42.8 Å². The van der Waals surface area contributed by atoms with Crippen LogP contribution in [0.1, 0.15) is 11.1 Å². The summed E-state index contributed by atoms with van der Waals surface area (Å²) in [6.45, 7) is 2.20. The summed E-state index contributed by atoms with van der Waals surface area (Å²) in [5.41, 5.74) is 2.54. The van der Waals surface area contributed by atoms with Crippen molar-refractivity contribution in [1.82, 2.24) is 4.98 Å². The number of aromatic nitrogens is 1. The van der Waals surface area contributed by atoms with E-state index in [9.17, 15) is 8.42 Å². The van der Waals surface area contributed by atoms with Crippen LogP contribution in [-0.2, 0) is 16.6 Å². The van der Waals surface area contributed by atoms with Gasteiger partial charge in [-0.2, -0.15) is 0 Å². The lowest BCUT2D eigenvalue weighted by atomic mass is 10.2. The van der Waals surface area contributed by atoms with Crippen LogP contribution in [-0.4, -0.2) is 13.4 Å². The Bertz CT molecular complexity index is 893. The molecular weight excluding hydrogens is 320 g/mol. The summed E-state index contributed by atoms with van der Waals surface area (Å²) in [6.07, 6.45) is 3.35. The van der Waals surface area contributed by atoms with E-state index in [0.717, 1.165) is 11.1 Å². The molecule has 1 heterocycles. The molecule has 3 aromatic rings. The van der Waals surface area contributed by atoms with Gasteiger partial charge in [0.15, 0.2) is 0 Å². The minimum atomic E-state index is -3.66. The molecule has 0 atom stereocenters. The number of benzene rings is 2. The van der Waals surface area contributed by atoms with Crippen molar-refractivity contribution in [2.24, 2.45) is 0 Å². The summed E-state index contributed by atoms with van der Waals surface area (Å²) >= 11 is 0. The molecule has 0 bridgehead atoms. The largest absolute Gasteiger partial charge is 0.264 e. The molecule has 0 aliphatic heterocycles. The Kier molecular flexibility index (Phi) is 4.62. The first-order chi connectivity index (χ1) is 11.6. The van der Waals surface area contributed by atoms with Gasteiger partial charge in [0, 0.05) is 12.4 Å². The van der Waals surface area contributed by atoms with Crippen LogP contribution in [0.15, 0.2) is 84.0 Å². The smallest absolute Gasteiger partial charge is 0.264 e. The molecule has 5 heteroatoms. The fraction of sp³-hybridized carbons (Fsp3) is 0.105. The van der Waals surface area contributed by atoms with E-state index in [-0.39, 0.29) is 11.4 Å². The van der Waals surface area contributed by atoms with Crippen LogP contribution in [0.5, 0.6) is 0 Å². The number of sulfonamides is 1. The van der Waals surface area contributed by atoms with Gasteiger partial charge in [0.25, 0.3) is 10.0 Å². The zero-order chi connectivity index (χ0) is 17.0. The molecule has 0 N–H and O–H groups in total. The van der Waals surface area contributed by atoms with Crippen molar-refractivity contribution in [2.75, 3.05) is 4.31 Å². The van der Waals surface area contributed by atoms with Crippen LogP contribution < -0.4 is 4.31 Å². The first kappa shape index (κ1) is 16.2. The molecule has 0 unspecified atom stereocenters. The predicted octanol–water partition coefficient (Wildman–Crippen LogP) is 3.79. The van der Waals surface area contributed by atoms with Crippen molar-refractivity contribution in [1.29, 1.82) is 0 Å². The van der Waals surface area contributed by atoms with Crippen LogP contribution >= 0.6 is 0 Å². The average Bonchev–Trinajstić information content (AvgIpc) is 2.62. The first-order valence-corrected chi connectivity index (χ1v) is 9.05. The van der Waals surface area contributed by atoms with Crippen molar-refractivity contribution < 1.29 is 8.42 Å². The second kappa shape index (κ2) is 6.84. The van der Waals surface area contributed by atoms with Gasteiger partial charge in [-0.25, -0.2) is 8.42 Å². The molecular formula is C19H18N2O2S. The molecule has 0 amide bonds. The lowest BCUT2D eigenvalue weighted by Gasteiger charge is -2.24. The van der Waals surface area contributed by atoms with E-state index < -0.39 is 10.0 Å². The van der Waals surface area contributed by atoms with Gasteiger partial charge < -0.3 is 0 Å². The van der Waals surface area contributed by atoms with E-state index >= 15 is 0 Å². The second-order valence-electron chi connectivity index (χ2n) is 5.52. The third-order valence-corrected chi connectivity index (χ3v) is 5.49. The van der Waals surface area contributed by atoms with Crippen molar-refractivity contribution in [2.45, 2.75) is 18.4 Å². The Morgan fingerprint density at radius 2 is 1.62 bits per heavy atom. The Morgan fingerprint density at radius 3 is 2.25 bits per heavy atom. The molecule has 1 aromatic heterocycles. The summed E-state index contributed by atoms with van der Waals surface area (Å²) in [7, 11) is -3.66. The molecule has 24 heavy (non-hydrogen) atoms. The fourth-order valence-electron chi connectivity index (χ4n) is 2.40. The van der Waals surface area contributed by atoms with Gasteiger partial charge >= 0.3 is 0 Å². The van der Waals surface area contributed by atoms with E-state index in [2.05, 4.69) is 4.98 Å². The van der Waals surface area contributed by atoms with E-state index in [1.165, 1.54) is 4.31 Å². The number of rotatable bonds is 5. The van der Waals surface area contributed by atoms with Crippen LogP contribution in [0.2, 0.25) is 0 Å². The molecule has 0 saturated carbocycles. The predicted molar refractivity (Wildman–Crippen MR) is 95.2 cm³/mol. The van der Waals surface area contributed by atoms with Gasteiger partial charge in [0.1, 0.15) is 0 Å². The molecule has 0 aliphatic carbocycles. The zero-order valence-corrected chi connectivity index (χ0v) is 14.1. The highest BCUT2D eigenvalue weighted by Crippen LogP contribution is 2.26. The van der Waals surface area contributed by atoms with Crippen molar-refractivity contribution in [3.05, 3.63) is 90.3 Å². The molecule has 0 aliphatic rings. The molecule has 4 nitrogen and oxygen atoms in total. The molecule has 3 rings (SSSR count). The zero-order valence-electron chi connectivity index (χ0n) is 13.3. The Hall–Kier alpha value is -2.66. The second-order valence-corrected chi connectivity index (χ2v) is 7.38. The lowest BCUT2D eigenvalue weighted by molar-refractivity contribution is 0.590. The van der Waals surface area contributed by atoms with Crippen LogP contribution in [0.4, 0.5) is 5.69 Å². The first-order valence-electron chi connectivity index (χ1n) is 7.61. The van der Waals surface area contributed by atoms with Gasteiger partial charge in [0.2, 0.25) is 0 Å². The van der Waals surface area contributed by atoms with Gasteiger partial charge in [-0.1, -0.05) is 42.0 Å². The van der Waals surface area contributed by atoms with Crippen molar-refractivity contribution >= 4 is 15.7 Å². The van der Waals surface area contributed by atoms with E-state index in [1.54, 1.807) is 48.8 Å². The highest BCUT2D eigenvalue weighted by atomic mass is 32.2. The van der Waals surface area contributed by atoms with E-state index in [1.807, 2.05) is 37.3 Å². The number of anilines is 1. The highest BCUT2D eigenvalue weighted by Gasteiger charge is 2.25. The van der Waals surface area contributed by atoms with Crippen molar-refractivity contribution in [3.8, 4) is 0 Å². The van der Waals surface area contributed by atoms with Gasteiger partial charge in [0.05, 0.1) is 17.1 Å². The maximum atomic E-state index is 13.1. The monoisotopic (exact) mass is 338 g/mol. The number of hydrogen-bond donors (Lipinski definition) is 0. The summed E-state index contributed by atoms with van der Waals surface area (Å²) in [5, 5.41) is 0. The highest BCUT2D eigenvalue weighted by molar-refractivity contribution is 7.92. The summed E-state index contributed by atoms with van der Waals surface area (Å²) in [4.78, 5) is 4.35. The van der Waals surface area contributed by atoms with E-state index in [4.69, 9.17) is 0 Å². The molecule has 0 radical (unpaired) electrons. The number of aryl methyl sites for hydroxylation is 1. The SMILES string of the molecule is Cc1ccc(N(Cc2cccnc2)S(=O)(=O)c2ccccc2)cc1. The normalized spacial score (nSPS) is 11.2. The van der Waals surface area contributed by atoms with Gasteiger partial charge in [-0.3, -0.25) is 9.29 Å². The van der Waals surface area contributed by atoms with Crippen LogP contribution in [0.3, 0.4) is 0 Å². The Balaban J connectivity index is 2.06. The third-order valence-electron chi connectivity index (χ3n) is 3.70. The maximum absolute atomic E-state index is 13.1.